The van der Waals surface area contributed by atoms with Crippen LogP contribution in [0.5, 0.6) is 0 Å². The van der Waals surface area contributed by atoms with E-state index in [1.165, 1.54) is 11.8 Å². The minimum atomic E-state index is 0.309. The van der Waals surface area contributed by atoms with Crippen molar-refractivity contribution in [1.29, 1.82) is 0 Å². The number of nitrogens with two attached hydrogens (primary N) is 1. The molecule has 96 valence electrons. The summed E-state index contributed by atoms with van der Waals surface area (Å²) < 4.78 is 1.79. The van der Waals surface area contributed by atoms with Gasteiger partial charge in [0.2, 0.25) is 0 Å². The Bertz CT molecular complexity index is 562. The van der Waals surface area contributed by atoms with E-state index in [-0.39, 0.29) is 0 Å². The standard InChI is InChI=1S/C12H17N5S/c1-7(2)10-9(13)11(17(4)16-10)18-12-14-6-5-8(3)15-12/h5-7H,13H2,1-4H3. The number of anilines is 1. The fourth-order valence-corrected chi connectivity index (χ4v) is 2.52. The summed E-state index contributed by atoms with van der Waals surface area (Å²) in [5.41, 5.74) is 8.72. The maximum Gasteiger partial charge on any atom is 0.194 e. The maximum atomic E-state index is 6.13. The zero-order valence-electron chi connectivity index (χ0n) is 11.0. The van der Waals surface area contributed by atoms with Crippen LogP contribution in [0.15, 0.2) is 22.4 Å². The van der Waals surface area contributed by atoms with Gasteiger partial charge in [-0.2, -0.15) is 5.10 Å². The van der Waals surface area contributed by atoms with Crippen molar-refractivity contribution in [2.75, 3.05) is 5.73 Å². The SMILES string of the molecule is Cc1ccnc(Sc2c(N)c(C(C)C)nn2C)n1. The van der Waals surface area contributed by atoms with Crippen LogP contribution in [-0.4, -0.2) is 19.7 Å². The van der Waals surface area contributed by atoms with Crippen molar-refractivity contribution in [2.24, 2.45) is 7.05 Å². The number of hydrogen-bond donors (Lipinski definition) is 1. The molecule has 2 rings (SSSR count). The highest BCUT2D eigenvalue weighted by Gasteiger charge is 2.17. The van der Waals surface area contributed by atoms with Crippen molar-refractivity contribution < 1.29 is 0 Å². The summed E-state index contributed by atoms with van der Waals surface area (Å²) in [4.78, 5) is 8.59. The Morgan fingerprint density at radius 1 is 1.39 bits per heavy atom. The first kappa shape index (κ1) is 12.9. The highest BCUT2D eigenvalue weighted by molar-refractivity contribution is 7.99. The van der Waals surface area contributed by atoms with Crippen LogP contribution >= 0.6 is 11.8 Å². The van der Waals surface area contributed by atoms with Crippen LogP contribution in [0.3, 0.4) is 0 Å². The molecule has 2 N–H and O–H groups in total. The van der Waals surface area contributed by atoms with Crippen molar-refractivity contribution in [3.8, 4) is 0 Å². The van der Waals surface area contributed by atoms with Crippen LogP contribution in [0.2, 0.25) is 0 Å². The van der Waals surface area contributed by atoms with Gasteiger partial charge in [-0.3, -0.25) is 4.68 Å². The monoisotopic (exact) mass is 263 g/mol. The number of nitrogens with zero attached hydrogens (tertiary/aromatic N) is 4. The van der Waals surface area contributed by atoms with Crippen molar-refractivity contribution in [3.63, 3.8) is 0 Å². The number of aromatic nitrogens is 4. The van der Waals surface area contributed by atoms with E-state index in [4.69, 9.17) is 5.73 Å². The van der Waals surface area contributed by atoms with Gasteiger partial charge < -0.3 is 5.73 Å². The van der Waals surface area contributed by atoms with Crippen LogP contribution in [0.4, 0.5) is 5.69 Å². The predicted molar refractivity (Wildman–Crippen MR) is 72.6 cm³/mol. The lowest BCUT2D eigenvalue weighted by Gasteiger charge is -2.03. The molecule has 0 fully saturated rings. The fourth-order valence-electron chi connectivity index (χ4n) is 1.65. The summed E-state index contributed by atoms with van der Waals surface area (Å²) in [5, 5.41) is 6.03. The van der Waals surface area contributed by atoms with E-state index in [1.54, 1.807) is 10.9 Å². The van der Waals surface area contributed by atoms with E-state index in [1.807, 2.05) is 20.0 Å². The zero-order valence-corrected chi connectivity index (χ0v) is 11.8. The van der Waals surface area contributed by atoms with E-state index >= 15 is 0 Å². The van der Waals surface area contributed by atoms with Gasteiger partial charge in [-0.15, -0.1) is 0 Å². The first-order valence-electron chi connectivity index (χ1n) is 5.79. The minimum absolute atomic E-state index is 0.309. The molecule has 0 aliphatic heterocycles. The molecule has 0 bridgehead atoms. The Kier molecular flexibility index (Phi) is 3.56. The van der Waals surface area contributed by atoms with Gasteiger partial charge in [-0.05, 0) is 30.7 Å². The van der Waals surface area contributed by atoms with E-state index in [9.17, 15) is 0 Å². The van der Waals surface area contributed by atoms with E-state index in [0.29, 0.717) is 11.1 Å². The lowest BCUT2D eigenvalue weighted by atomic mass is 10.1. The quantitative estimate of drug-likeness (QED) is 0.861. The summed E-state index contributed by atoms with van der Waals surface area (Å²) in [7, 11) is 1.89. The van der Waals surface area contributed by atoms with Gasteiger partial charge in [0.1, 0.15) is 5.03 Å². The molecular weight excluding hydrogens is 246 g/mol. The van der Waals surface area contributed by atoms with E-state index < -0.39 is 0 Å². The average molecular weight is 263 g/mol. The number of aryl methyl sites for hydroxylation is 2. The molecule has 2 heterocycles. The second-order valence-electron chi connectivity index (χ2n) is 4.47. The maximum absolute atomic E-state index is 6.13. The summed E-state index contributed by atoms with van der Waals surface area (Å²) in [6.07, 6.45) is 1.75. The van der Waals surface area contributed by atoms with Crippen LogP contribution in [-0.2, 0) is 7.05 Å². The normalized spacial score (nSPS) is 11.2. The Morgan fingerprint density at radius 2 is 2.11 bits per heavy atom. The molecule has 0 aliphatic carbocycles. The van der Waals surface area contributed by atoms with Crippen molar-refractivity contribution in [1.82, 2.24) is 19.7 Å². The van der Waals surface area contributed by atoms with Gasteiger partial charge in [-0.1, -0.05) is 13.8 Å². The third kappa shape index (κ3) is 2.48. The van der Waals surface area contributed by atoms with Gasteiger partial charge in [0, 0.05) is 18.9 Å². The van der Waals surface area contributed by atoms with Gasteiger partial charge in [-0.25, -0.2) is 9.97 Å². The number of nitrogen functional groups attached to an aromatic ring is 1. The number of rotatable bonds is 3. The molecule has 2 aromatic rings. The smallest absolute Gasteiger partial charge is 0.194 e. The molecule has 0 amide bonds. The van der Waals surface area contributed by atoms with Gasteiger partial charge in [0.25, 0.3) is 0 Å². The van der Waals surface area contributed by atoms with Gasteiger partial charge >= 0.3 is 0 Å². The number of hydrogen-bond acceptors (Lipinski definition) is 5. The molecule has 0 radical (unpaired) electrons. The first-order valence-corrected chi connectivity index (χ1v) is 6.60. The third-order valence-corrected chi connectivity index (χ3v) is 3.62. The third-order valence-electron chi connectivity index (χ3n) is 2.57. The largest absolute Gasteiger partial charge is 0.395 e. The van der Waals surface area contributed by atoms with Gasteiger partial charge in [0.15, 0.2) is 5.16 Å². The van der Waals surface area contributed by atoms with Gasteiger partial charge in [0.05, 0.1) is 11.4 Å². The van der Waals surface area contributed by atoms with Crippen LogP contribution in [0.1, 0.15) is 31.2 Å². The first-order chi connectivity index (χ1) is 8.49. The molecule has 0 unspecified atom stereocenters. The summed E-state index contributed by atoms with van der Waals surface area (Å²) in [5.74, 6) is 0.309. The molecule has 2 aromatic heterocycles. The molecule has 18 heavy (non-hydrogen) atoms. The molecule has 6 heteroatoms. The van der Waals surface area contributed by atoms with E-state index in [0.717, 1.165) is 22.1 Å². The predicted octanol–water partition coefficient (Wildman–Crippen LogP) is 2.38. The van der Waals surface area contributed by atoms with Crippen LogP contribution in [0.25, 0.3) is 0 Å². The van der Waals surface area contributed by atoms with Crippen molar-refractivity contribution >= 4 is 17.4 Å². The van der Waals surface area contributed by atoms with Crippen molar-refractivity contribution in [3.05, 3.63) is 23.7 Å². The lowest BCUT2D eigenvalue weighted by molar-refractivity contribution is 0.670. The Labute approximate surface area is 111 Å². The van der Waals surface area contributed by atoms with Crippen LogP contribution in [0, 0.1) is 6.92 Å². The van der Waals surface area contributed by atoms with Crippen LogP contribution < -0.4 is 5.73 Å². The lowest BCUT2D eigenvalue weighted by Crippen LogP contribution is -1.96. The average Bonchev–Trinajstić information content (AvgIpc) is 2.57. The Hall–Kier alpha value is -1.56. The second kappa shape index (κ2) is 4.97. The van der Waals surface area contributed by atoms with Crippen molar-refractivity contribution in [2.45, 2.75) is 36.9 Å². The summed E-state index contributed by atoms with van der Waals surface area (Å²) in [6, 6.07) is 1.87. The molecule has 0 aromatic carbocycles. The molecule has 0 saturated heterocycles. The molecule has 0 spiro atoms. The Balaban J connectivity index is 2.35. The molecule has 5 nitrogen and oxygen atoms in total. The minimum Gasteiger partial charge on any atom is -0.395 e. The second-order valence-corrected chi connectivity index (χ2v) is 5.42. The molecular formula is C12H17N5S. The summed E-state index contributed by atoms with van der Waals surface area (Å²) in [6.45, 7) is 6.10. The van der Waals surface area contributed by atoms with E-state index in [2.05, 4.69) is 28.9 Å². The molecule has 0 atom stereocenters. The summed E-state index contributed by atoms with van der Waals surface area (Å²) >= 11 is 1.45. The molecule has 0 aliphatic rings. The fraction of sp³-hybridized carbons (Fsp3) is 0.417. The topological polar surface area (TPSA) is 69.6 Å². The molecule has 0 saturated carbocycles. The zero-order chi connectivity index (χ0) is 13.3. The highest BCUT2D eigenvalue weighted by atomic mass is 32.2. The highest BCUT2D eigenvalue weighted by Crippen LogP contribution is 2.34. The Morgan fingerprint density at radius 3 is 2.67 bits per heavy atom.